The van der Waals surface area contributed by atoms with Crippen LogP contribution in [0.5, 0.6) is 0 Å². The summed E-state index contributed by atoms with van der Waals surface area (Å²) in [6, 6.07) is 3.96. The number of thiophene rings is 1. The van der Waals surface area contributed by atoms with Gasteiger partial charge in [-0.2, -0.15) is 10.4 Å². The summed E-state index contributed by atoms with van der Waals surface area (Å²) in [5.74, 6) is -0.171. The summed E-state index contributed by atoms with van der Waals surface area (Å²) in [5.41, 5.74) is 12.5. The van der Waals surface area contributed by atoms with E-state index in [0.29, 0.717) is 29.7 Å². The minimum Gasteiger partial charge on any atom is -0.383 e. The van der Waals surface area contributed by atoms with E-state index in [0.717, 1.165) is 15.1 Å². The van der Waals surface area contributed by atoms with Gasteiger partial charge in [-0.25, -0.2) is 4.98 Å². The van der Waals surface area contributed by atoms with E-state index in [-0.39, 0.29) is 0 Å². The van der Waals surface area contributed by atoms with Gasteiger partial charge >= 0.3 is 0 Å². The van der Waals surface area contributed by atoms with Gasteiger partial charge in [0, 0.05) is 28.2 Å². The Morgan fingerprint density at radius 3 is 3.00 bits per heavy atom. The number of hydrogen-bond acceptors (Lipinski definition) is 6. The Balaban J connectivity index is 2.07. The first-order chi connectivity index (χ1) is 10.6. The molecule has 0 fully saturated rings. The molecule has 0 unspecified atom stereocenters. The number of carbonyl (C=O) groups is 1. The van der Waals surface area contributed by atoms with E-state index in [1.54, 1.807) is 10.9 Å². The topological polar surface area (TPSA) is 124 Å². The molecular weight excluding hydrogens is 300 g/mol. The molecule has 8 heteroatoms. The van der Waals surface area contributed by atoms with Crippen LogP contribution in [-0.4, -0.2) is 20.7 Å². The average molecular weight is 312 g/mol. The van der Waals surface area contributed by atoms with Crippen molar-refractivity contribution in [3.63, 3.8) is 0 Å². The van der Waals surface area contributed by atoms with Crippen LogP contribution in [0.4, 0.5) is 5.82 Å². The van der Waals surface area contributed by atoms with Crippen LogP contribution in [-0.2, 0) is 6.54 Å². The Labute approximate surface area is 129 Å². The number of fused-ring (bicyclic) bond motifs is 1. The summed E-state index contributed by atoms with van der Waals surface area (Å²) >= 11 is 1.42. The third-order valence-electron chi connectivity index (χ3n) is 3.22. The van der Waals surface area contributed by atoms with Crippen molar-refractivity contribution in [1.29, 1.82) is 5.26 Å². The number of aryl methyl sites for hydroxylation is 1. The van der Waals surface area contributed by atoms with Crippen molar-refractivity contribution < 1.29 is 4.79 Å². The van der Waals surface area contributed by atoms with Gasteiger partial charge in [0.1, 0.15) is 5.82 Å². The average Bonchev–Trinajstić information content (AvgIpc) is 3.12. The van der Waals surface area contributed by atoms with E-state index >= 15 is 0 Å². The minimum absolute atomic E-state index is 0.359. The van der Waals surface area contributed by atoms with E-state index in [2.05, 4.69) is 16.2 Å². The predicted molar refractivity (Wildman–Crippen MR) is 84.0 cm³/mol. The van der Waals surface area contributed by atoms with Gasteiger partial charge in [0.25, 0.3) is 5.91 Å². The van der Waals surface area contributed by atoms with Crippen molar-refractivity contribution in [2.24, 2.45) is 5.73 Å². The number of primary amides is 1. The first kappa shape index (κ1) is 14.0. The van der Waals surface area contributed by atoms with Crippen molar-refractivity contribution in [1.82, 2.24) is 14.8 Å². The Bertz CT molecular complexity index is 904. The van der Waals surface area contributed by atoms with Crippen molar-refractivity contribution in [3.8, 4) is 16.5 Å². The number of anilines is 1. The number of amides is 1. The van der Waals surface area contributed by atoms with Crippen LogP contribution in [0.3, 0.4) is 0 Å². The summed E-state index contributed by atoms with van der Waals surface area (Å²) < 4.78 is 2.43. The highest BCUT2D eigenvalue weighted by Gasteiger charge is 2.15. The first-order valence-electron chi connectivity index (χ1n) is 6.47. The van der Waals surface area contributed by atoms with Crippen LogP contribution in [0, 0.1) is 11.3 Å². The number of hydrogen-bond donors (Lipinski definition) is 2. The SMILES string of the molecule is N#CCCn1cc(-c2cc3c(N)ncc(C(N)=O)c3s2)cn1. The molecule has 0 spiro atoms. The zero-order valence-electron chi connectivity index (χ0n) is 11.5. The van der Waals surface area contributed by atoms with E-state index in [1.165, 1.54) is 17.5 Å². The number of nitrogens with two attached hydrogens (primary N) is 2. The Kier molecular flexibility index (Phi) is 3.48. The smallest absolute Gasteiger partial charge is 0.251 e. The van der Waals surface area contributed by atoms with Crippen LogP contribution >= 0.6 is 11.3 Å². The van der Waals surface area contributed by atoms with Crippen molar-refractivity contribution in [2.45, 2.75) is 13.0 Å². The second kappa shape index (κ2) is 5.46. The van der Waals surface area contributed by atoms with Gasteiger partial charge in [0.05, 0.1) is 35.5 Å². The normalized spacial score (nSPS) is 10.7. The van der Waals surface area contributed by atoms with Crippen LogP contribution in [0.15, 0.2) is 24.7 Å². The highest BCUT2D eigenvalue weighted by Crippen LogP contribution is 2.37. The van der Waals surface area contributed by atoms with E-state index in [9.17, 15) is 4.79 Å². The zero-order chi connectivity index (χ0) is 15.7. The molecule has 0 bridgehead atoms. The highest BCUT2D eigenvalue weighted by molar-refractivity contribution is 7.22. The molecule has 0 aliphatic heterocycles. The van der Waals surface area contributed by atoms with Gasteiger partial charge in [-0.15, -0.1) is 11.3 Å². The fourth-order valence-electron chi connectivity index (χ4n) is 2.14. The molecule has 3 rings (SSSR count). The lowest BCUT2D eigenvalue weighted by atomic mass is 10.2. The molecule has 110 valence electrons. The Morgan fingerprint density at radius 1 is 1.45 bits per heavy atom. The third kappa shape index (κ3) is 2.38. The second-order valence-corrected chi connectivity index (χ2v) is 5.73. The molecule has 3 heterocycles. The lowest BCUT2D eigenvalue weighted by Crippen LogP contribution is -2.11. The first-order valence-corrected chi connectivity index (χ1v) is 7.29. The maximum absolute atomic E-state index is 11.5. The largest absolute Gasteiger partial charge is 0.383 e. The number of nitriles is 1. The molecule has 4 N–H and O–H groups in total. The maximum atomic E-state index is 11.5. The van der Waals surface area contributed by atoms with Gasteiger partial charge in [-0.05, 0) is 6.07 Å². The lowest BCUT2D eigenvalue weighted by molar-refractivity contribution is 0.100. The van der Waals surface area contributed by atoms with Crippen LogP contribution < -0.4 is 11.5 Å². The van der Waals surface area contributed by atoms with Crippen molar-refractivity contribution in [3.05, 3.63) is 30.2 Å². The summed E-state index contributed by atoms with van der Waals surface area (Å²) in [6.45, 7) is 0.539. The third-order valence-corrected chi connectivity index (χ3v) is 4.44. The summed E-state index contributed by atoms with van der Waals surface area (Å²) in [6.07, 6.45) is 5.37. The molecule has 7 nitrogen and oxygen atoms in total. The standard InChI is InChI=1S/C14H12N6OS/c15-2-1-3-20-7-8(5-19-20)11-4-9-12(22-11)10(14(17)21)6-18-13(9)16/h4-7H,1,3H2,(H2,16,18)(H2,17,21). The van der Waals surface area contributed by atoms with Gasteiger partial charge in [0.2, 0.25) is 0 Å². The number of carbonyl (C=O) groups excluding carboxylic acids is 1. The molecule has 0 radical (unpaired) electrons. The molecule has 0 aliphatic rings. The van der Waals surface area contributed by atoms with Gasteiger partial charge in [0.15, 0.2) is 0 Å². The fraction of sp³-hybridized carbons (Fsp3) is 0.143. The Hall–Kier alpha value is -2.92. The summed E-state index contributed by atoms with van der Waals surface area (Å²) in [5, 5.41) is 13.5. The summed E-state index contributed by atoms with van der Waals surface area (Å²) in [4.78, 5) is 16.4. The highest BCUT2D eigenvalue weighted by atomic mass is 32.1. The quantitative estimate of drug-likeness (QED) is 0.759. The van der Waals surface area contributed by atoms with E-state index in [1.807, 2.05) is 12.3 Å². The molecule has 3 aromatic heterocycles. The number of nitrogen functional groups attached to an aromatic ring is 1. The monoisotopic (exact) mass is 312 g/mol. The molecule has 22 heavy (non-hydrogen) atoms. The second-order valence-electron chi connectivity index (χ2n) is 4.68. The zero-order valence-corrected chi connectivity index (χ0v) is 12.3. The van der Waals surface area contributed by atoms with E-state index in [4.69, 9.17) is 16.7 Å². The maximum Gasteiger partial charge on any atom is 0.251 e. The summed E-state index contributed by atoms with van der Waals surface area (Å²) in [7, 11) is 0. The lowest BCUT2D eigenvalue weighted by Gasteiger charge is -1.99. The molecule has 0 atom stereocenters. The molecule has 0 saturated heterocycles. The van der Waals surface area contributed by atoms with Gasteiger partial charge in [-0.3, -0.25) is 9.48 Å². The predicted octanol–water partition coefficient (Wildman–Crippen LogP) is 1.75. The van der Waals surface area contributed by atoms with Crippen LogP contribution in [0.25, 0.3) is 20.5 Å². The van der Waals surface area contributed by atoms with Crippen molar-refractivity contribution in [2.75, 3.05) is 5.73 Å². The number of rotatable bonds is 4. The van der Waals surface area contributed by atoms with Crippen LogP contribution in [0.2, 0.25) is 0 Å². The number of nitrogens with zero attached hydrogens (tertiary/aromatic N) is 4. The Morgan fingerprint density at radius 2 is 2.27 bits per heavy atom. The molecule has 0 aliphatic carbocycles. The molecule has 0 aromatic carbocycles. The molecule has 1 amide bonds. The molecule has 0 saturated carbocycles. The van der Waals surface area contributed by atoms with E-state index < -0.39 is 5.91 Å². The van der Waals surface area contributed by atoms with Gasteiger partial charge < -0.3 is 11.5 Å². The minimum atomic E-state index is -0.532. The fourth-order valence-corrected chi connectivity index (χ4v) is 3.30. The van der Waals surface area contributed by atoms with Crippen molar-refractivity contribution >= 4 is 33.1 Å². The molecule has 3 aromatic rings. The van der Waals surface area contributed by atoms with Crippen LogP contribution in [0.1, 0.15) is 16.8 Å². The number of pyridine rings is 1. The molecular formula is C14H12N6OS. The van der Waals surface area contributed by atoms with Gasteiger partial charge in [-0.1, -0.05) is 0 Å². The number of aromatic nitrogens is 3.